The number of rotatable bonds is 7. The van der Waals surface area contributed by atoms with E-state index in [0.29, 0.717) is 0 Å². The Morgan fingerprint density at radius 2 is 1.36 bits per heavy atom. The smallest absolute Gasteiger partial charge is 0.161 e. The summed E-state index contributed by atoms with van der Waals surface area (Å²) in [6, 6.07) is 20.8. The van der Waals surface area contributed by atoms with Gasteiger partial charge in [0.25, 0.3) is 0 Å². The summed E-state index contributed by atoms with van der Waals surface area (Å²) >= 11 is 3.61. The Morgan fingerprint density at radius 1 is 0.893 bits per heavy atom. The van der Waals surface area contributed by atoms with E-state index in [1.165, 1.54) is 25.7 Å². The van der Waals surface area contributed by atoms with Crippen LogP contribution in [0.2, 0.25) is 0 Å². The Balaban J connectivity index is 2.10. The number of nitrogens with zero attached hydrogens (tertiary/aromatic N) is 1. The highest BCUT2D eigenvalue weighted by molar-refractivity contribution is 9.10. The topological polar surface area (TPSA) is 20.3 Å². The number of hydrogen-bond acceptors (Lipinski definition) is 2. The van der Waals surface area contributed by atoms with Crippen molar-refractivity contribution < 1.29 is 4.79 Å². The zero-order valence-electron chi connectivity index (χ0n) is 17.1. The van der Waals surface area contributed by atoms with Crippen LogP contribution < -0.4 is 0 Å². The van der Waals surface area contributed by atoms with Gasteiger partial charge in [-0.1, -0.05) is 96.4 Å². The van der Waals surface area contributed by atoms with E-state index in [1.54, 1.807) is 0 Å². The molecule has 1 heterocycles. The van der Waals surface area contributed by atoms with Gasteiger partial charge in [-0.25, -0.2) is 0 Å². The first kappa shape index (κ1) is 21.3. The molecule has 2 unspecified atom stereocenters. The van der Waals surface area contributed by atoms with Crippen molar-refractivity contribution in [2.24, 2.45) is 5.92 Å². The van der Waals surface area contributed by atoms with E-state index < -0.39 is 5.41 Å². The predicted octanol–water partition coefficient (Wildman–Crippen LogP) is 5.84. The first-order chi connectivity index (χ1) is 13.6. The van der Waals surface area contributed by atoms with E-state index in [4.69, 9.17) is 0 Å². The maximum Gasteiger partial charge on any atom is 0.161 e. The zero-order chi connectivity index (χ0) is 20.0. The molecule has 1 fully saturated rings. The van der Waals surface area contributed by atoms with Crippen LogP contribution in [0.4, 0.5) is 0 Å². The molecule has 2 aromatic carbocycles. The molecule has 2 aromatic rings. The molecule has 3 rings (SSSR count). The van der Waals surface area contributed by atoms with E-state index in [1.807, 2.05) is 19.1 Å². The van der Waals surface area contributed by atoms with Crippen LogP contribution in [0.1, 0.15) is 50.7 Å². The van der Waals surface area contributed by atoms with Gasteiger partial charge in [-0.15, -0.1) is 0 Å². The number of carbonyl (C=O) groups excluding carboxylic acids is 1. The van der Waals surface area contributed by atoms with Gasteiger partial charge in [0.1, 0.15) is 0 Å². The summed E-state index contributed by atoms with van der Waals surface area (Å²) < 4.78 is 0. The first-order valence-corrected chi connectivity index (χ1v) is 11.5. The van der Waals surface area contributed by atoms with Gasteiger partial charge in [-0.05, 0) is 49.9 Å². The van der Waals surface area contributed by atoms with Crippen LogP contribution in [0, 0.1) is 5.92 Å². The summed E-state index contributed by atoms with van der Waals surface area (Å²) in [7, 11) is 0. The quantitative estimate of drug-likeness (QED) is 0.503. The third kappa shape index (κ3) is 4.41. The van der Waals surface area contributed by atoms with Crippen molar-refractivity contribution in [2.45, 2.75) is 49.8 Å². The normalized spacial score (nSPS) is 18.2. The molecule has 0 aliphatic carbocycles. The molecule has 1 aliphatic heterocycles. The standard InChI is InChI=1S/C25H32BrNO/c1-20(19-27-17-11-3-4-12-18-27)25(24(28)21(2)26,22-13-7-5-8-14-22)23-15-9-6-10-16-23/h5-10,13-16,20-21H,3-4,11-12,17-19H2,1-2H3. The molecule has 28 heavy (non-hydrogen) atoms. The predicted molar refractivity (Wildman–Crippen MR) is 121 cm³/mol. The van der Waals surface area contributed by atoms with E-state index in [2.05, 4.69) is 76.3 Å². The fourth-order valence-electron chi connectivity index (χ4n) is 4.82. The summed E-state index contributed by atoms with van der Waals surface area (Å²) in [4.78, 5) is 16.2. The van der Waals surface area contributed by atoms with Crippen LogP contribution in [0.3, 0.4) is 0 Å². The van der Waals surface area contributed by atoms with Crippen LogP contribution in [0.5, 0.6) is 0 Å². The highest BCUT2D eigenvalue weighted by Crippen LogP contribution is 2.42. The number of hydrogen-bond donors (Lipinski definition) is 0. The van der Waals surface area contributed by atoms with Crippen molar-refractivity contribution >= 4 is 21.7 Å². The Hall–Kier alpha value is -1.45. The third-order valence-electron chi connectivity index (χ3n) is 6.18. The van der Waals surface area contributed by atoms with Crippen molar-refractivity contribution in [2.75, 3.05) is 19.6 Å². The molecule has 3 heteroatoms. The molecule has 150 valence electrons. The Kier molecular flexibility index (Phi) is 7.48. The average Bonchev–Trinajstić information content (AvgIpc) is 2.99. The van der Waals surface area contributed by atoms with Crippen LogP contribution in [0.25, 0.3) is 0 Å². The fourth-order valence-corrected chi connectivity index (χ4v) is 5.18. The molecule has 1 saturated heterocycles. The summed E-state index contributed by atoms with van der Waals surface area (Å²) in [6.07, 6.45) is 5.17. The molecule has 2 nitrogen and oxygen atoms in total. The molecular weight excluding hydrogens is 410 g/mol. The monoisotopic (exact) mass is 441 g/mol. The lowest BCUT2D eigenvalue weighted by molar-refractivity contribution is -0.124. The largest absolute Gasteiger partial charge is 0.303 e. The Bertz CT molecular complexity index is 696. The Labute approximate surface area is 178 Å². The lowest BCUT2D eigenvalue weighted by Crippen LogP contribution is -2.50. The van der Waals surface area contributed by atoms with E-state index >= 15 is 0 Å². The number of ketones is 1. The minimum Gasteiger partial charge on any atom is -0.303 e. The molecule has 0 saturated carbocycles. The second kappa shape index (κ2) is 9.84. The minimum atomic E-state index is -0.655. The molecule has 0 aromatic heterocycles. The van der Waals surface area contributed by atoms with Gasteiger partial charge in [0.15, 0.2) is 5.78 Å². The van der Waals surface area contributed by atoms with Gasteiger partial charge in [-0.2, -0.15) is 0 Å². The highest BCUT2D eigenvalue weighted by Gasteiger charge is 2.47. The summed E-state index contributed by atoms with van der Waals surface area (Å²) in [6.45, 7) is 7.44. The number of benzene rings is 2. The first-order valence-electron chi connectivity index (χ1n) is 10.6. The number of halogens is 1. The molecule has 0 spiro atoms. The van der Waals surface area contributed by atoms with Gasteiger partial charge in [-0.3, -0.25) is 4.79 Å². The minimum absolute atomic E-state index is 0.169. The molecular formula is C25H32BrNO. The van der Waals surface area contributed by atoms with Crippen molar-refractivity contribution in [3.05, 3.63) is 71.8 Å². The SMILES string of the molecule is CC(Br)C(=O)C(c1ccccc1)(c1ccccc1)C(C)CN1CCCCCC1. The van der Waals surface area contributed by atoms with Crippen molar-refractivity contribution in [1.29, 1.82) is 0 Å². The van der Waals surface area contributed by atoms with E-state index in [9.17, 15) is 4.79 Å². The van der Waals surface area contributed by atoms with Crippen LogP contribution >= 0.6 is 15.9 Å². The van der Waals surface area contributed by atoms with Gasteiger partial charge in [0.2, 0.25) is 0 Å². The van der Waals surface area contributed by atoms with Gasteiger partial charge in [0.05, 0.1) is 10.2 Å². The number of Topliss-reactive ketones (excluding diaryl/α,β-unsaturated/α-hetero) is 1. The van der Waals surface area contributed by atoms with Crippen molar-refractivity contribution in [1.82, 2.24) is 4.90 Å². The maximum absolute atomic E-state index is 13.9. The van der Waals surface area contributed by atoms with Crippen LogP contribution in [-0.4, -0.2) is 35.1 Å². The lowest BCUT2D eigenvalue weighted by atomic mass is 9.63. The van der Waals surface area contributed by atoms with Crippen LogP contribution in [-0.2, 0) is 10.2 Å². The fraction of sp³-hybridized carbons (Fsp3) is 0.480. The molecule has 0 radical (unpaired) electrons. The number of carbonyl (C=O) groups is 1. The summed E-state index contributed by atoms with van der Waals surface area (Å²) in [5.41, 5.74) is 1.54. The van der Waals surface area contributed by atoms with Crippen LogP contribution in [0.15, 0.2) is 60.7 Å². The lowest BCUT2D eigenvalue weighted by Gasteiger charge is -2.42. The third-order valence-corrected chi connectivity index (χ3v) is 6.59. The molecule has 2 atom stereocenters. The van der Waals surface area contributed by atoms with Crippen molar-refractivity contribution in [3.8, 4) is 0 Å². The molecule has 0 bridgehead atoms. The van der Waals surface area contributed by atoms with Gasteiger partial charge >= 0.3 is 0 Å². The van der Waals surface area contributed by atoms with E-state index in [-0.39, 0.29) is 16.5 Å². The second-order valence-corrected chi connectivity index (χ2v) is 9.51. The molecule has 0 amide bonds. The number of likely N-dealkylation sites (tertiary alicyclic amines) is 1. The maximum atomic E-state index is 13.9. The van der Waals surface area contributed by atoms with Crippen molar-refractivity contribution in [3.63, 3.8) is 0 Å². The average molecular weight is 442 g/mol. The molecule has 0 N–H and O–H groups in total. The highest BCUT2D eigenvalue weighted by atomic mass is 79.9. The van der Waals surface area contributed by atoms with Gasteiger partial charge in [0, 0.05) is 6.54 Å². The number of alkyl halides is 1. The Morgan fingerprint density at radius 3 is 1.79 bits per heavy atom. The summed E-state index contributed by atoms with van der Waals surface area (Å²) in [5.74, 6) is 0.412. The summed E-state index contributed by atoms with van der Waals surface area (Å²) in [5, 5.41) is 0. The second-order valence-electron chi connectivity index (χ2n) is 8.14. The van der Waals surface area contributed by atoms with E-state index in [0.717, 1.165) is 30.8 Å². The molecule has 1 aliphatic rings. The van der Waals surface area contributed by atoms with Gasteiger partial charge < -0.3 is 4.90 Å². The zero-order valence-corrected chi connectivity index (χ0v) is 18.7.